The molecule has 4 heteroatoms. The van der Waals surface area contributed by atoms with Crippen molar-refractivity contribution in [1.29, 1.82) is 0 Å². The number of anilines is 2. The smallest absolute Gasteiger partial charge is 0.257 e. The molecule has 2 atom stereocenters. The maximum atomic E-state index is 11.4. The Balaban J connectivity index is 1.86. The largest absolute Gasteiger partial charge is 0.378 e. The third kappa shape index (κ3) is 1.77. The van der Waals surface area contributed by atoms with E-state index in [2.05, 4.69) is 24.2 Å². The zero-order valence-corrected chi connectivity index (χ0v) is 10.7. The van der Waals surface area contributed by atoms with Gasteiger partial charge in [0.2, 0.25) is 0 Å². The molecule has 3 rings (SSSR count). The highest BCUT2D eigenvalue weighted by molar-refractivity contribution is 6.02. The molecule has 2 unspecified atom stereocenters. The lowest BCUT2D eigenvalue weighted by Crippen LogP contribution is -2.30. The van der Waals surface area contributed by atoms with E-state index in [-0.39, 0.29) is 5.91 Å². The second kappa shape index (κ2) is 3.99. The first kappa shape index (κ1) is 11.5. The fourth-order valence-corrected chi connectivity index (χ4v) is 2.58. The Morgan fingerprint density at radius 3 is 2.83 bits per heavy atom. The third-order valence-corrected chi connectivity index (χ3v) is 4.16. The van der Waals surface area contributed by atoms with Crippen molar-refractivity contribution in [2.45, 2.75) is 31.9 Å². The zero-order valence-electron chi connectivity index (χ0n) is 10.7. The minimum absolute atomic E-state index is 0.333. The minimum atomic E-state index is -1.01. The van der Waals surface area contributed by atoms with Crippen LogP contribution in [-0.4, -0.2) is 24.1 Å². The van der Waals surface area contributed by atoms with Gasteiger partial charge < -0.3 is 15.3 Å². The molecule has 2 N–H and O–H groups in total. The summed E-state index contributed by atoms with van der Waals surface area (Å²) in [7, 11) is 2.08. The van der Waals surface area contributed by atoms with Gasteiger partial charge in [0.25, 0.3) is 5.91 Å². The van der Waals surface area contributed by atoms with Gasteiger partial charge >= 0.3 is 0 Å². The van der Waals surface area contributed by atoms with E-state index >= 15 is 0 Å². The van der Waals surface area contributed by atoms with Crippen molar-refractivity contribution in [1.82, 2.24) is 0 Å². The summed E-state index contributed by atoms with van der Waals surface area (Å²) >= 11 is 0. The van der Waals surface area contributed by atoms with Gasteiger partial charge in [-0.05, 0) is 37.8 Å². The van der Waals surface area contributed by atoms with Crippen LogP contribution in [0.25, 0.3) is 0 Å². The Morgan fingerprint density at radius 1 is 1.44 bits per heavy atom. The Bertz CT molecular complexity index is 497. The van der Waals surface area contributed by atoms with Crippen LogP contribution in [0.2, 0.25) is 0 Å². The zero-order chi connectivity index (χ0) is 12.9. The van der Waals surface area contributed by atoms with Gasteiger partial charge in [-0.25, -0.2) is 0 Å². The molecule has 0 bridgehead atoms. The van der Waals surface area contributed by atoms with Crippen LogP contribution in [0.5, 0.6) is 0 Å². The van der Waals surface area contributed by atoms with Crippen LogP contribution in [0, 0.1) is 5.92 Å². The number of aliphatic hydroxyl groups excluding tert-OH is 1. The van der Waals surface area contributed by atoms with Crippen LogP contribution < -0.4 is 10.2 Å². The Morgan fingerprint density at radius 2 is 2.17 bits per heavy atom. The van der Waals surface area contributed by atoms with Crippen LogP contribution >= 0.6 is 0 Å². The van der Waals surface area contributed by atoms with Crippen LogP contribution in [0.15, 0.2) is 18.2 Å². The molecule has 1 aliphatic carbocycles. The van der Waals surface area contributed by atoms with Gasteiger partial charge in [0, 0.05) is 30.0 Å². The standard InChI is InChI=1S/C14H18N2O2/c1-8(9-3-4-9)16(2)10-5-6-11-12(7-10)15-14(18)13(11)17/h5-9,13,17H,3-4H2,1-2H3,(H,15,18). The molecule has 1 aromatic carbocycles. The highest BCUT2D eigenvalue weighted by Crippen LogP contribution is 2.38. The second-order valence-electron chi connectivity index (χ2n) is 5.35. The number of hydrogen-bond donors (Lipinski definition) is 2. The number of hydrogen-bond acceptors (Lipinski definition) is 3. The van der Waals surface area contributed by atoms with Crippen LogP contribution in [-0.2, 0) is 4.79 Å². The lowest BCUT2D eigenvalue weighted by atomic mass is 10.1. The van der Waals surface area contributed by atoms with E-state index < -0.39 is 6.10 Å². The molecule has 1 aliphatic heterocycles. The van der Waals surface area contributed by atoms with Gasteiger partial charge in [-0.15, -0.1) is 0 Å². The Labute approximate surface area is 107 Å². The Kier molecular flexibility index (Phi) is 2.55. The second-order valence-corrected chi connectivity index (χ2v) is 5.35. The van der Waals surface area contributed by atoms with E-state index in [0.29, 0.717) is 11.6 Å². The molecule has 1 amide bonds. The highest BCUT2D eigenvalue weighted by atomic mass is 16.3. The van der Waals surface area contributed by atoms with Gasteiger partial charge in [-0.3, -0.25) is 4.79 Å². The van der Waals surface area contributed by atoms with Gasteiger partial charge in [0.15, 0.2) is 6.10 Å². The number of rotatable bonds is 3. The molecular weight excluding hydrogens is 228 g/mol. The summed E-state index contributed by atoms with van der Waals surface area (Å²) in [6.07, 6.45) is 1.61. The number of carbonyl (C=O) groups excluding carboxylic acids is 1. The first-order valence-corrected chi connectivity index (χ1v) is 6.43. The number of nitrogens with one attached hydrogen (secondary N) is 1. The molecule has 18 heavy (non-hydrogen) atoms. The molecule has 1 saturated carbocycles. The molecule has 1 heterocycles. The summed E-state index contributed by atoms with van der Waals surface area (Å²) in [4.78, 5) is 13.6. The number of fused-ring (bicyclic) bond motifs is 1. The summed E-state index contributed by atoms with van der Waals surface area (Å²) in [5, 5.41) is 12.4. The van der Waals surface area contributed by atoms with Gasteiger partial charge in [0.1, 0.15) is 0 Å². The summed E-state index contributed by atoms with van der Waals surface area (Å²) in [6.45, 7) is 2.23. The summed E-state index contributed by atoms with van der Waals surface area (Å²) in [5.74, 6) is 0.462. The average Bonchev–Trinajstić information content (AvgIpc) is 3.16. The third-order valence-electron chi connectivity index (χ3n) is 4.16. The average molecular weight is 246 g/mol. The van der Waals surface area contributed by atoms with E-state index in [1.165, 1.54) is 12.8 Å². The molecule has 96 valence electrons. The highest BCUT2D eigenvalue weighted by Gasteiger charge is 2.32. The summed E-state index contributed by atoms with van der Waals surface area (Å²) in [5.41, 5.74) is 2.50. The van der Waals surface area contributed by atoms with Crippen LogP contribution in [0.3, 0.4) is 0 Å². The predicted octanol–water partition coefficient (Wildman–Crippen LogP) is 1.91. The van der Waals surface area contributed by atoms with Crippen molar-refractivity contribution in [2.24, 2.45) is 5.92 Å². The monoisotopic (exact) mass is 246 g/mol. The molecule has 2 aliphatic rings. The molecule has 0 saturated heterocycles. The number of benzene rings is 1. The fraction of sp³-hybridized carbons (Fsp3) is 0.500. The van der Waals surface area contributed by atoms with E-state index in [9.17, 15) is 9.90 Å². The molecule has 1 fully saturated rings. The quantitative estimate of drug-likeness (QED) is 0.856. The van der Waals surface area contributed by atoms with E-state index in [1.54, 1.807) is 0 Å². The molecule has 0 spiro atoms. The number of aliphatic hydroxyl groups is 1. The molecule has 0 radical (unpaired) electrons. The summed E-state index contributed by atoms with van der Waals surface area (Å²) < 4.78 is 0. The first-order chi connectivity index (χ1) is 8.58. The topological polar surface area (TPSA) is 52.6 Å². The van der Waals surface area contributed by atoms with E-state index in [0.717, 1.165) is 17.3 Å². The van der Waals surface area contributed by atoms with Crippen molar-refractivity contribution in [3.63, 3.8) is 0 Å². The van der Waals surface area contributed by atoms with Crippen molar-refractivity contribution in [3.05, 3.63) is 23.8 Å². The number of nitrogens with zero attached hydrogens (tertiary/aromatic N) is 1. The van der Waals surface area contributed by atoms with Crippen molar-refractivity contribution < 1.29 is 9.90 Å². The molecule has 0 aromatic heterocycles. The van der Waals surface area contributed by atoms with Crippen LogP contribution in [0.1, 0.15) is 31.4 Å². The molecule has 4 nitrogen and oxygen atoms in total. The van der Waals surface area contributed by atoms with E-state index in [4.69, 9.17) is 0 Å². The minimum Gasteiger partial charge on any atom is -0.378 e. The van der Waals surface area contributed by atoms with Crippen LogP contribution in [0.4, 0.5) is 11.4 Å². The van der Waals surface area contributed by atoms with Crippen molar-refractivity contribution >= 4 is 17.3 Å². The van der Waals surface area contributed by atoms with Gasteiger partial charge in [-0.2, -0.15) is 0 Å². The molecular formula is C14H18N2O2. The maximum Gasteiger partial charge on any atom is 0.257 e. The SMILES string of the molecule is CC(C1CC1)N(C)c1ccc2c(c1)NC(=O)C2O. The maximum absolute atomic E-state index is 11.4. The fourth-order valence-electron chi connectivity index (χ4n) is 2.58. The molecule has 1 aromatic rings. The van der Waals surface area contributed by atoms with Gasteiger partial charge in [0.05, 0.1) is 0 Å². The normalized spacial score (nSPS) is 23.5. The lowest BCUT2D eigenvalue weighted by molar-refractivity contribution is -0.123. The number of amides is 1. The first-order valence-electron chi connectivity index (χ1n) is 6.43. The van der Waals surface area contributed by atoms with Crippen molar-refractivity contribution in [2.75, 3.05) is 17.3 Å². The predicted molar refractivity (Wildman–Crippen MR) is 70.6 cm³/mol. The van der Waals surface area contributed by atoms with Gasteiger partial charge in [-0.1, -0.05) is 6.07 Å². The van der Waals surface area contributed by atoms with E-state index in [1.807, 2.05) is 18.2 Å². The lowest BCUT2D eigenvalue weighted by Gasteiger charge is -2.27. The Hall–Kier alpha value is -1.55. The number of carbonyl (C=O) groups is 1. The summed E-state index contributed by atoms with van der Waals surface area (Å²) in [6, 6.07) is 6.28. The van der Waals surface area contributed by atoms with Crippen molar-refractivity contribution in [3.8, 4) is 0 Å².